The molecule has 1 aromatic heterocycles. The zero-order valence-corrected chi connectivity index (χ0v) is 12.8. The molecule has 5 heteroatoms. The summed E-state index contributed by atoms with van der Waals surface area (Å²) in [5.41, 5.74) is 0.667. The van der Waals surface area contributed by atoms with Crippen LogP contribution in [-0.2, 0) is 10.2 Å². The number of amides is 1. The van der Waals surface area contributed by atoms with E-state index in [1.54, 1.807) is 12.5 Å². The van der Waals surface area contributed by atoms with Crippen LogP contribution in [0.3, 0.4) is 0 Å². The molecule has 2 N–H and O–H groups in total. The van der Waals surface area contributed by atoms with Crippen molar-refractivity contribution in [3.8, 4) is 0 Å². The van der Waals surface area contributed by atoms with Crippen LogP contribution in [0.2, 0.25) is 0 Å². The molecule has 0 spiro atoms. The number of rotatable bonds is 4. The average molecular weight is 298 g/mol. The van der Waals surface area contributed by atoms with Crippen LogP contribution in [0.15, 0.2) is 12.5 Å². The molecule has 3 rings (SSSR count). The van der Waals surface area contributed by atoms with Crippen molar-refractivity contribution in [1.82, 2.24) is 15.3 Å². The molecule has 0 unspecified atom stereocenters. The summed E-state index contributed by atoms with van der Waals surface area (Å²) in [6, 6.07) is 0.299. The minimum absolute atomic E-state index is 0. The van der Waals surface area contributed by atoms with Gasteiger partial charge in [0.05, 0.1) is 17.4 Å². The highest BCUT2D eigenvalue weighted by Crippen LogP contribution is 2.47. The predicted molar refractivity (Wildman–Crippen MR) is 80.9 cm³/mol. The third-order valence-electron chi connectivity index (χ3n) is 4.91. The molecule has 112 valence electrons. The number of carbonyl (C=O) groups excluding carboxylic acids is 1. The molecule has 0 radical (unpaired) electrons. The van der Waals surface area contributed by atoms with Gasteiger partial charge in [-0.2, -0.15) is 0 Å². The highest BCUT2D eigenvalue weighted by Gasteiger charge is 2.52. The van der Waals surface area contributed by atoms with E-state index in [2.05, 4.69) is 22.2 Å². The van der Waals surface area contributed by atoms with Crippen LogP contribution in [0.5, 0.6) is 0 Å². The van der Waals surface area contributed by atoms with Crippen LogP contribution in [-0.4, -0.2) is 21.9 Å². The molecule has 1 aromatic rings. The third kappa shape index (κ3) is 2.85. The molecular formula is C15H24ClN3O. The lowest BCUT2D eigenvalue weighted by molar-refractivity contribution is -0.124. The largest absolute Gasteiger partial charge is 0.353 e. The second-order valence-corrected chi connectivity index (χ2v) is 6.21. The number of nitrogens with one attached hydrogen (secondary N) is 2. The molecular weight excluding hydrogens is 274 g/mol. The van der Waals surface area contributed by atoms with E-state index in [-0.39, 0.29) is 23.7 Å². The monoisotopic (exact) mass is 297 g/mol. The number of imidazole rings is 1. The van der Waals surface area contributed by atoms with Gasteiger partial charge in [-0.15, -0.1) is 12.4 Å². The Bertz CT molecular complexity index is 436. The summed E-state index contributed by atoms with van der Waals surface area (Å²) in [5, 5.41) is 3.25. The first kappa shape index (κ1) is 15.4. The smallest absolute Gasteiger partial charge is 0.232 e. The van der Waals surface area contributed by atoms with E-state index in [1.807, 2.05) is 0 Å². The number of hydrogen-bond donors (Lipinski definition) is 2. The maximum Gasteiger partial charge on any atom is 0.232 e. The van der Waals surface area contributed by atoms with Gasteiger partial charge < -0.3 is 10.3 Å². The van der Waals surface area contributed by atoms with Crippen LogP contribution in [0, 0.1) is 5.92 Å². The zero-order valence-electron chi connectivity index (χ0n) is 12.0. The lowest BCUT2D eigenvalue weighted by Gasteiger charge is -2.29. The predicted octanol–water partition coefficient (Wildman–Crippen LogP) is 2.95. The lowest BCUT2D eigenvalue weighted by Crippen LogP contribution is -2.44. The van der Waals surface area contributed by atoms with Gasteiger partial charge in [0.2, 0.25) is 5.91 Å². The molecule has 1 heterocycles. The van der Waals surface area contributed by atoms with Crippen LogP contribution in [0.4, 0.5) is 0 Å². The molecule has 0 saturated heterocycles. The summed E-state index contributed by atoms with van der Waals surface area (Å²) < 4.78 is 0. The van der Waals surface area contributed by atoms with E-state index < -0.39 is 0 Å². The fraction of sp³-hybridized carbons (Fsp3) is 0.733. The molecule has 0 aromatic carbocycles. The van der Waals surface area contributed by atoms with E-state index in [0.717, 1.165) is 18.5 Å². The van der Waals surface area contributed by atoms with E-state index in [4.69, 9.17) is 0 Å². The molecule has 2 fully saturated rings. The van der Waals surface area contributed by atoms with Gasteiger partial charge in [-0.05, 0) is 38.5 Å². The molecule has 2 aliphatic rings. The van der Waals surface area contributed by atoms with Gasteiger partial charge in [-0.25, -0.2) is 4.98 Å². The summed E-state index contributed by atoms with van der Waals surface area (Å²) in [6.45, 7) is 2.16. The molecule has 4 nitrogen and oxygen atoms in total. The van der Waals surface area contributed by atoms with Crippen LogP contribution in [0.25, 0.3) is 0 Å². The lowest BCUT2D eigenvalue weighted by atomic mass is 9.84. The summed E-state index contributed by atoms with van der Waals surface area (Å²) in [6.07, 6.45) is 11.8. The quantitative estimate of drug-likeness (QED) is 0.898. The minimum Gasteiger partial charge on any atom is -0.353 e. The first-order valence-corrected chi connectivity index (χ1v) is 7.52. The van der Waals surface area contributed by atoms with Gasteiger partial charge in [0, 0.05) is 12.2 Å². The van der Waals surface area contributed by atoms with Gasteiger partial charge in [-0.1, -0.05) is 19.3 Å². The van der Waals surface area contributed by atoms with Crippen molar-refractivity contribution < 1.29 is 4.79 Å². The Morgan fingerprint density at radius 3 is 2.65 bits per heavy atom. The maximum absolute atomic E-state index is 12.5. The van der Waals surface area contributed by atoms with Crippen molar-refractivity contribution in [2.45, 2.75) is 63.3 Å². The van der Waals surface area contributed by atoms with Gasteiger partial charge in [0.25, 0.3) is 0 Å². The van der Waals surface area contributed by atoms with Gasteiger partial charge in [0.15, 0.2) is 0 Å². The SMILES string of the molecule is C[C@H](NC(=O)C1(c2cnc[nH]2)CC1)C1CCCCC1.Cl. The number of H-pyrrole nitrogens is 1. The van der Waals surface area contributed by atoms with E-state index in [0.29, 0.717) is 12.0 Å². The van der Waals surface area contributed by atoms with Crippen molar-refractivity contribution in [3.05, 3.63) is 18.2 Å². The van der Waals surface area contributed by atoms with Crippen LogP contribution < -0.4 is 5.32 Å². The molecule has 2 saturated carbocycles. The fourth-order valence-corrected chi connectivity index (χ4v) is 3.36. The average Bonchev–Trinajstić information content (AvgIpc) is 3.07. The topological polar surface area (TPSA) is 57.8 Å². The van der Waals surface area contributed by atoms with Crippen molar-refractivity contribution in [1.29, 1.82) is 0 Å². The number of carbonyl (C=O) groups is 1. The van der Waals surface area contributed by atoms with E-state index in [1.165, 1.54) is 32.1 Å². The molecule has 1 amide bonds. The molecule has 20 heavy (non-hydrogen) atoms. The highest BCUT2D eigenvalue weighted by molar-refractivity contribution is 5.90. The summed E-state index contributed by atoms with van der Waals surface area (Å²) in [4.78, 5) is 19.7. The Balaban J connectivity index is 0.00000147. The Morgan fingerprint density at radius 2 is 2.10 bits per heavy atom. The van der Waals surface area contributed by atoms with Crippen LogP contribution >= 0.6 is 12.4 Å². The number of nitrogens with zero attached hydrogens (tertiary/aromatic N) is 1. The van der Waals surface area contributed by atoms with Crippen molar-refractivity contribution in [2.24, 2.45) is 5.92 Å². The standard InChI is InChI=1S/C15H23N3O.ClH/c1-11(12-5-3-2-4-6-12)18-14(19)15(7-8-15)13-9-16-10-17-13;/h9-12H,2-8H2,1H3,(H,16,17)(H,18,19);1H/t11-;/m0./s1. The summed E-state index contributed by atoms with van der Waals surface area (Å²) in [7, 11) is 0. The van der Waals surface area contributed by atoms with Crippen molar-refractivity contribution in [3.63, 3.8) is 0 Å². The van der Waals surface area contributed by atoms with E-state index in [9.17, 15) is 4.79 Å². The van der Waals surface area contributed by atoms with Crippen molar-refractivity contribution >= 4 is 18.3 Å². The second kappa shape index (κ2) is 6.17. The van der Waals surface area contributed by atoms with E-state index >= 15 is 0 Å². The Hall–Kier alpha value is -1.03. The first-order valence-electron chi connectivity index (χ1n) is 7.52. The second-order valence-electron chi connectivity index (χ2n) is 6.21. The molecule has 0 bridgehead atoms. The molecule has 1 atom stereocenters. The molecule has 2 aliphatic carbocycles. The van der Waals surface area contributed by atoms with Gasteiger partial charge in [-0.3, -0.25) is 4.79 Å². The van der Waals surface area contributed by atoms with Crippen LogP contribution in [0.1, 0.15) is 57.6 Å². The molecule has 0 aliphatic heterocycles. The Kier molecular flexibility index (Phi) is 4.74. The van der Waals surface area contributed by atoms with Gasteiger partial charge in [0.1, 0.15) is 0 Å². The fourth-order valence-electron chi connectivity index (χ4n) is 3.36. The summed E-state index contributed by atoms with van der Waals surface area (Å²) in [5.74, 6) is 0.852. The normalized spacial score (nSPS) is 22.6. The first-order chi connectivity index (χ1) is 9.22. The van der Waals surface area contributed by atoms with Gasteiger partial charge >= 0.3 is 0 Å². The zero-order chi connectivity index (χ0) is 13.3. The Labute approximate surface area is 126 Å². The third-order valence-corrected chi connectivity index (χ3v) is 4.91. The Morgan fingerprint density at radius 1 is 1.40 bits per heavy atom. The number of halogens is 1. The van der Waals surface area contributed by atoms with Crippen molar-refractivity contribution in [2.75, 3.05) is 0 Å². The summed E-state index contributed by atoms with van der Waals surface area (Å²) >= 11 is 0. The number of hydrogen-bond acceptors (Lipinski definition) is 2. The maximum atomic E-state index is 12.5. The number of aromatic amines is 1. The number of aromatic nitrogens is 2. The highest BCUT2D eigenvalue weighted by atomic mass is 35.5. The minimum atomic E-state index is -0.306.